The van der Waals surface area contributed by atoms with Gasteiger partial charge in [0.1, 0.15) is 11.5 Å². The third kappa shape index (κ3) is 4.14. The van der Waals surface area contributed by atoms with Gasteiger partial charge in [-0.25, -0.2) is 9.79 Å². The molecule has 0 amide bonds. The minimum Gasteiger partial charge on any atom is -0.497 e. The number of rotatable bonds is 5. The third-order valence-electron chi connectivity index (χ3n) is 3.57. The van der Waals surface area contributed by atoms with Gasteiger partial charge in [0.25, 0.3) is 0 Å². The number of nitrogens with zero attached hydrogens (tertiary/aromatic N) is 1. The van der Waals surface area contributed by atoms with Crippen molar-refractivity contribution in [3.8, 4) is 11.5 Å². The van der Waals surface area contributed by atoms with Crippen molar-refractivity contribution in [2.75, 3.05) is 14.2 Å². The van der Waals surface area contributed by atoms with E-state index in [1.807, 2.05) is 54.6 Å². The first-order valence-corrected chi connectivity index (χ1v) is 7.67. The van der Waals surface area contributed by atoms with Crippen molar-refractivity contribution in [3.63, 3.8) is 0 Å². The smallest absolute Gasteiger partial charge is 0.363 e. The molecule has 3 rings (SSSR count). The van der Waals surface area contributed by atoms with Crippen LogP contribution in [0.4, 0.5) is 0 Å². The first-order chi connectivity index (χ1) is 12.2. The van der Waals surface area contributed by atoms with E-state index in [9.17, 15) is 4.79 Å². The lowest BCUT2D eigenvalue weighted by molar-refractivity contribution is -0.129. The van der Waals surface area contributed by atoms with E-state index in [0.29, 0.717) is 5.75 Å². The minimum absolute atomic E-state index is 0.252. The van der Waals surface area contributed by atoms with Gasteiger partial charge in [-0.1, -0.05) is 24.3 Å². The highest BCUT2D eigenvalue weighted by Crippen LogP contribution is 2.20. The number of ether oxygens (including phenoxy) is 3. The largest absolute Gasteiger partial charge is 0.497 e. The Hall–Kier alpha value is -3.34. The summed E-state index contributed by atoms with van der Waals surface area (Å²) in [6, 6.07) is 14.9. The summed E-state index contributed by atoms with van der Waals surface area (Å²) in [4.78, 5) is 16.2. The van der Waals surface area contributed by atoms with Gasteiger partial charge < -0.3 is 14.2 Å². The lowest BCUT2D eigenvalue weighted by atomic mass is 10.2. The van der Waals surface area contributed by atoms with E-state index in [-0.39, 0.29) is 11.6 Å². The van der Waals surface area contributed by atoms with Crippen LogP contribution in [-0.2, 0) is 9.53 Å². The number of cyclic esters (lactones) is 1. The molecule has 0 unspecified atom stereocenters. The van der Waals surface area contributed by atoms with Crippen molar-refractivity contribution in [2.45, 2.75) is 0 Å². The fourth-order valence-electron chi connectivity index (χ4n) is 2.27. The number of benzene rings is 2. The zero-order valence-corrected chi connectivity index (χ0v) is 13.9. The van der Waals surface area contributed by atoms with Crippen LogP contribution in [0.2, 0.25) is 0 Å². The summed E-state index contributed by atoms with van der Waals surface area (Å²) < 4.78 is 15.5. The Balaban J connectivity index is 1.77. The van der Waals surface area contributed by atoms with Crippen LogP contribution in [0.5, 0.6) is 11.5 Å². The second kappa shape index (κ2) is 7.49. The van der Waals surface area contributed by atoms with E-state index in [1.165, 1.54) is 0 Å². The highest BCUT2D eigenvalue weighted by Gasteiger charge is 2.21. The molecule has 0 aliphatic carbocycles. The van der Waals surface area contributed by atoms with Gasteiger partial charge in [-0.3, -0.25) is 0 Å². The van der Waals surface area contributed by atoms with Crippen LogP contribution in [-0.4, -0.2) is 26.1 Å². The highest BCUT2D eigenvalue weighted by molar-refractivity contribution is 6.11. The molecule has 0 N–H and O–H groups in total. The minimum atomic E-state index is -0.475. The van der Waals surface area contributed by atoms with Crippen LogP contribution < -0.4 is 9.47 Å². The van der Waals surface area contributed by atoms with Crippen molar-refractivity contribution >= 4 is 24.0 Å². The van der Waals surface area contributed by atoms with Crippen LogP contribution in [0.1, 0.15) is 11.1 Å². The highest BCUT2D eigenvalue weighted by atomic mass is 16.6. The molecule has 5 heteroatoms. The van der Waals surface area contributed by atoms with Crippen molar-refractivity contribution in [1.82, 2.24) is 0 Å². The number of hydrogen-bond acceptors (Lipinski definition) is 5. The lowest BCUT2D eigenvalue weighted by Crippen LogP contribution is -2.01. The van der Waals surface area contributed by atoms with Crippen LogP contribution >= 0.6 is 0 Å². The fraction of sp³-hybridized carbons (Fsp3) is 0.100. The molecule has 2 aromatic rings. The molecule has 126 valence electrons. The molecule has 0 spiro atoms. The average molecular weight is 335 g/mol. The third-order valence-corrected chi connectivity index (χ3v) is 3.57. The Morgan fingerprint density at radius 2 is 1.68 bits per heavy atom. The second-order valence-corrected chi connectivity index (χ2v) is 5.25. The van der Waals surface area contributed by atoms with Crippen molar-refractivity contribution in [3.05, 3.63) is 71.4 Å². The molecule has 1 aliphatic heterocycles. The van der Waals surface area contributed by atoms with E-state index in [0.717, 1.165) is 16.9 Å². The molecular formula is C20H17NO4. The first kappa shape index (κ1) is 16.5. The molecule has 0 radical (unpaired) electrons. The normalized spacial score (nSPS) is 15.4. The van der Waals surface area contributed by atoms with Gasteiger partial charge in [0.05, 0.1) is 14.2 Å². The predicted octanol–water partition coefficient (Wildman–Crippen LogP) is 3.71. The molecule has 25 heavy (non-hydrogen) atoms. The van der Waals surface area contributed by atoms with Crippen LogP contribution in [0.15, 0.2) is 65.3 Å². The summed E-state index contributed by atoms with van der Waals surface area (Å²) in [5.41, 5.74) is 2.02. The predicted molar refractivity (Wildman–Crippen MR) is 96.5 cm³/mol. The zero-order valence-electron chi connectivity index (χ0n) is 13.9. The second-order valence-electron chi connectivity index (χ2n) is 5.25. The summed E-state index contributed by atoms with van der Waals surface area (Å²) in [6.07, 6.45) is 5.14. The first-order valence-electron chi connectivity index (χ1n) is 7.67. The maximum absolute atomic E-state index is 12.0. The molecule has 0 saturated carbocycles. The van der Waals surface area contributed by atoms with Crippen molar-refractivity contribution in [2.24, 2.45) is 4.99 Å². The van der Waals surface area contributed by atoms with E-state index in [1.54, 1.807) is 26.4 Å². The van der Waals surface area contributed by atoms with Gasteiger partial charge in [0, 0.05) is 6.08 Å². The maximum atomic E-state index is 12.0. The summed E-state index contributed by atoms with van der Waals surface area (Å²) in [6.45, 7) is 0. The molecule has 0 atom stereocenters. The lowest BCUT2D eigenvalue weighted by Gasteiger charge is -2.00. The number of carbonyl (C=O) groups is 1. The Morgan fingerprint density at radius 3 is 2.40 bits per heavy atom. The Morgan fingerprint density at radius 1 is 0.920 bits per heavy atom. The molecule has 1 aliphatic rings. The average Bonchev–Trinajstić information content (AvgIpc) is 3.00. The van der Waals surface area contributed by atoms with Gasteiger partial charge in [0.2, 0.25) is 5.90 Å². The van der Waals surface area contributed by atoms with Gasteiger partial charge in [0.15, 0.2) is 5.70 Å². The van der Waals surface area contributed by atoms with E-state index >= 15 is 0 Å². The number of esters is 1. The topological polar surface area (TPSA) is 57.1 Å². The van der Waals surface area contributed by atoms with Crippen molar-refractivity contribution < 1.29 is 19.0 Å². The summed E-state index contributed by atoms with van der Waals surface area (Å²) in [7, 11) is 3.21. The van der Waals surface area contributed by atoms with Crippen LogP contribution in [0.3, 0.4) is 0 Å². The molecule has 0 fully saturated rings. The molecule has 5 nitrogen and oxygen atoms in total. The molecule has 2 aromatic carbocycles. The summed E-state index contributed by atoms with van der Waals surface area (Å²) >= 11 is 0. The summed E-state index contributed by atoms with van der Waals surface area (Å²) in [5.74, 6) is 1.28. The number of aliphatic imine (C=N–C) groups is 1. The molecule has 0 aromatic heterocycles. The Kier molecular flexibility index (Phi) is 4.95. The number of methoxy groups -OCH3 is 2. The van der Waals surface area contributed by atoms with E-state index in [2.05, 4.69) is 4.99 Å². The van der Waals surface area contributed by atoms with E-state index in [4.69, 9.17) is 14.2 Å². The fourth-order valence-corrected chi connectivity index (χ4v) is 2.27. The van der Waals surface area contributed by atoms with Crippen LogP contribution in [0, 0.1) is 0 Å². The standard InChI is InChI=1S/C20H17NO4/c1-23-16-9-6-14(7-10-16)8-11-19-21-18(20(22)25-19)13-15-4-3-5-17(12-15)24-2/h3-13H,1-2H3. The molecular weight excluding hydrogens is 318 g/mol. The SMILES string of the molecule is COc1ccc(C=CC2=NC(=Cc3cccc(OC)c3)C(=O)O2)cc1. The Labute approximate surface area is 145 Å². The molecule has 0 saturated heterocycles. The van der Waals surface area contributed by atoms with Gasteiger partial charge in [-0.2, -0.15) is 0 Å². The maximum Gasteiger partial charge on any atom is 0.363 e. The van der Waals surface area contributed by atoms with E-state index < -0.39 is 5.97 Å². The number of hydrogen-bond donors (Lipinski definition) is 0. The van der Waals surface area contributed by atoms with Crippen molar-refractivity contribution in [1.29, 1.82) is 0 Å². The summed E-state index contributed by atoms with van der Waals surface area (Å²) in [5, 5.41) is 0. The zero-order chi connectivity index (χ0) is 17.6. The quantitative estimate of drug-likeness (QED) is 0.617. The van der Waals surface area contributed by atoms with Crippen LogP contribution in [0.25, 0.3) is 12.2 Å². The van der Waals surface area contributed by atoms with Gasteiger partial charge >= 0.3 is 5.97 Å². The molecule has 0 bridgehead atoms. The van der Waals surface area contributed by atoms with Gasteiger partial charge in [-0.05, 0) is 47.5 Å². The Bertz CT molecular complexity index is 864. The van der Waals surface area contributed by atoms with Gasteiger partial charge in [-0.15, -0.1) is 0 Å². The molecule has 1 heterocycles. The monoisotopic (exact) mass is 335 g/mol. The number of carbonyl (C=O) groups excluding carboxylic acids is 1.